The van der Waals surface area contributed by atoms with Gasteiger partial charge in [0.15, 0.2) is 0 Å². The van der Waals surface area contributed by atoms with Crippen LogP contribution in [0.1, 0.15) is 57.1 Å². The fraction of sp³-hybridized carbons (Fsp3) is 0.423. The van der Waals surface area contributed by atoms with Crippen LogP contribution in [0.3, 0.4) is 0 Å². The standard InChI is InChI=1S/C26H32N2O5/c1-4-28(18(3)25(30)31)24(29)15-9-10-17(2)27-26(32)33-16-23-21-13-7-5-11-19(21)20-12-6-8-14-22(20)23/h5-8,11-14,17-18,23H,4,9-10,15-16H2,1-3H3,(H,27,32)(H,30,31). The molecule has 2 unspecified atom stereocenters. The molecule has 0 aromatic heterocycles. The van der Waals surface area contributed by atoms with E-state index in [4.69, 9.17) is 9.84 Å². The van der Waals surface area contributed by atoms with E-state index in [1.54, 1.807) is 6.92 Å². The summed E-state index contributed by atoms with van der Waals surface area (Å²) in [6.07, 6.45) is 0.897. The van der Waals surface area contributed by atoms with Crippen LogP contribution >= 0.6 is 0 Å². The van der Waals surface area contributed by atoms with Gasteiger partial charge in [-0.1, -0.05) is 48.5 Å². The normalized spacial score (nSPS) is 14.0. The number of nitrogens with one attached hydrogen (secondary N) is 1. The maximum absolute atomic E-state index is 12.4. The van der Waals surface area contributed by atoms with Gasteiger partial charge in [-0.15, -0.1) is 0 Å². The molecule has 2 aromatic rings. The molecule has 0 heterocycles. The smallest absolute Gasteiger partial charge is 0.407 e. The summed E-state index contributed by atoms with van der Waals surface area (Å²) in [4.78, 5) is 37.2. The van der Waals surface area contributed by atoms with Gasteiger partial charge in [0.25, 0.3) is 0 Å². The predicted octanol–water partition coefficient (Wildman–Crippen LogP) is 4.41. The lowest BCUT2D eigenvalue weighted by Gasteiger charge is -2.25. The second kappa shape index (κ2) is 11.0. The lowest BCUT2D eigenvalue weighted by Crippen LogP contribution is -2.43. The topological polar surface area (TPSA) is 95.9 Å². The number of carboxylic acids is 1. The number of benzene rings is 2. The molecule has 2 atom stereocenters. The van der Waals surface area contributed by atoms with E-state index in [9.17, 15) is 14.4 Å². The quantitative estimate of drug-likeness (QED) is 0.557. The highest BCUT2D eigenvalue weighted by atomic mass is 16.5. The van der Waals surface area contributed by atoms with Gasteiger partial charge in [0.05, 0.1) is 0 Å². The van der Waals surface area contributed by atoms with E-state index in [2.05, 4.69) is 29.6 Å². The molecule has 7 nitrogen and oxygen atoms in total. The number of rotatable bonds is 10. The van der Waals surface area contributed by atoms with Crippen LogP contribution in [0.25, 0.3) is 11.1 Å². The van der Waals surface area contributed by atoms with E-state index >= 15 is 0 Å². The number of hydrogen-bond acceptors (Lipinski definition) is 4. The molecule has 2 aromatic carbocycles. The van der Waals surface area contributed by atoms with Gasteiger partial charge in [0.2, 0.25) is 5.91 Å². The van der Waals surface area contributed by atoms with Crippen molar-refractivity contribution in [2.24, 2.45) is 0 Å². The Morgan fingerprint density at radius 1 is 1.03 bits per heavy atom. The van der Waals surface area contributed by atoms with Crippen LogP contribution in [0, 0.1) is 0 Å². The third kappa shape index (κ3) is 5.72. The van der Waals surface area contributed by atoms with Crippen LogP contribution in [0.5, 0.6) is 0 Å². The summed E-state index contributed by atoms with van der Waals surface area (Å²) >= 11 is 0. The van der Waals surface area contributed by atoms with Crippen molar-refractivity contribution in [1.82, 2.24) is 10.2 Å². The molecule has 0 saturated heterocycles. The number of hydrogen-bond donors (Lipinski definition) is 2. The molecule has 0 aliphatic heterocycles. The van der Waals surface area contributed by atoms with Gasteiger partial charge in [-0.05, 0) is 55.9 Å². The van der Waals surface area contributed by atoms with Gasteiger partial charge in [-0.25, -0.2) is 9.59 Å². The third-order valence-electron chi connectivity index (χ3n) is 6.22. The Balaban J connectivity index is 1.46. The van der Waals surface area contributed by atoms with Gasteiger partial charge in [-0.3, -0.25) is 4.79 Å². The first kappa shape index (κ1) is 24.3. The average Bonchev–Trinajstić information content (AvgIpc) is 3.11. The number of carbonyl (C=O) groups excluding carboxylic acids is 2. The maximum atomic E-state index is 12.4. The molecule has 0 saturated carbocycles. The Hall–Kier alpha value is -3.35. The van der Waals surface area contributed by atoms with Gasteiger partial charge >= 0.3 is 12.1 Å². The van der Waals surface area contributed by atoms with Crippen molar-refractivity contribution in [1.29, 1.82) is 0 Å². The van der Waals surface area contributed by atoms with Crippen molar-refractivity contribution in [3.8, 4) is 11.1 Å². The summed E-state index contributed by atoms with van der Waals surface area (Å²) in [6, 6.07) is 15.3. The Labute approximate surface area is 194 Å². The first-order chi connectivity index (χ1) is 15.8. The fourth-order valence-corrected chi connectivity index (χ4v) is 4.42. The molecule has 176 valence electrons. The third-order valence-corrected chi connectivity index (χ3v) is 6.22. The highest BCUT2D eigenvalue weighted by Gasteiger charge is 2.29. The number of amides is 2. The Morgan fingerprint density at radius 2 is 1.61 bits per heavy atom. The Bertz CT molecular complexity index is 960. The van der Waals surface area contributed by atoms with Gasteiger partial charge in [-0.2, -0.15) is 0 Å². The Kier molecular flexibility index (Phi) is 8.09. The van der Waals surface area contributed by atoms with Crippen LogP contribution in [0.15, 0.2) is 48.5 Å². The zero-order valence-corrected chi connectivity index (χ0v) is 19.4. The van der Waals surface area contributed by atoms with E-state index in [1.165, 1.54) is 23.0 Å². The number of ether oxygens (including phenoxy) is 1. The van der Waals surface area contributed by atoms with Crippen molar-refractivity contribution < 1.29 is 24.2 Å². The van der Waals surface area contributed by atoms with E-state index < -0.39 is 18.1 Å². The van der Waals surface area contributed by atoms with E-state index in [0.29, 0.717) is 19.4 Å². The minimum absolute atomic E-state index is 0.00679. The van der Waals surface area contributed by atoms with Crippen LogP contribution < -0.4 is 5.32 Å². The molecule has 2 amide bonds. The van der Waals surface area contributed by atoms with Crippen molar-refractivity contribution in [3.05, 3.63) is 59.7 Å². The van der Waals surface area contributed by atoms with Crippen LogP contribution in [-0.2, 0) is 14.3 Å². The zero-order valence-electron chi connectivity index (χ0n) is 19.4. The summed E-state index contributed by atoms with van der Waals surface area (Å²) in [7, 11) is 0. The molecule has 1 aliphatic rings. The lowest BCUT2D eigenvalue weighted by atomic mass is 9.98. The highest BCUT2D eigenvalue weighted by molar-refractivity contribution is 5.83. The summed E-state index contributed by atoms with van der Waals surface area (Å²) in [6.45, 7) is 5.73. The molecule has 3 rings (SSSR count). The maximum Gasteiger partial charge on any atom is 0.407 e. The van der Waals surface area contributed by atoms with Crippen molar-refractivity contribution in [2.45, 2.75) is 58.0 Å². The number of aliphatic carboxylic acids is 1. The second-order valence-corrected chi connectivity index (χ2v) is 8.46. The molecule has 0 radical (unpaired) electrons. The van der Waals surface area contributed by atoms with E-state index in [1.807, 2.05) is 31.2 Å². The van der Waals surface area contributed by atoms with Gasteiger partial charge in [0, 0.05) is 24.9 Å². The molecule has 0 fully saturated rings. The van der Waals surface area contributed by atoms with Crippen molar-refractivity contribution in [2.75, 3.05) is 13.2 Å². The number of nitrogens with zero attached hydrogens (tertiary/aromatic N) is 1. The summed E-state index contributed by atoms with van der Waals surface area (Å²) in [5.41, 5.74) is 4.68. The van der Waals surface area contributed by atoms with Crippen molar-refractivity contribution >= 4 is 18.0 Å². The lowest BCUT2D eigenvalue weighted by molar-refractivity contribution is -0.149. The molecular formula is C26H32N2O5. The fourth-order valence-electron chi connectivity index (χ4n) is 4.42. The number of carbonyl (C=O) groups is 3. The van der Waals surface area contributed by atoms with Gasteiger partial charge in [0.1, 0.15) is 12.6 Å². The van der Waals surface area contributed by atoms with Crippen LogP contribution in [-0.4, -0.2) is 53.2 Å². The summed E-state index contributed by atoms with van der Waals surface area (Å²) in [5, 5.41) is 12.0. The van der Waals surface area contributed by atoms with E-state index in [0.717, 1.165) is 11.1 Å². The number of fused-ring (bicyclic) bond motifs is 3. The Morgan fingerprint density at radius 3 is 2.15 bits per heavy atom. The number of likely N-dealkylation sites (N-methyl/N-ethyl adjacent to an activating group) is 1. The van der Waals surface area contributed by atoms with Crippen LogP contribution in [0.2, 0.25) is 0 Å². The molecule has 7 heteroatoms. The predicted molar refractivity (Wildman–Crippen MR) is 126 cm³/mol. The molecule has 1 aliphatic carbocycles. The largest absolute Gasteiger partial charge is 0.480 e. The molecule has 33 heavy (non-hydrogen) atoms. The summed E-state index contributed by atoms with van der Waals surface area (Å²) in [5.74, 6) is -1.21. The molecular weight excluding hydrogens is 420 g/mol. The van der Waals surface area contributed by atoms with E-state index in [-0.39, 0.29) is 30.9 Å². The number of carboxylic acid groups (broad SMARTS) is 1. The molecule has 2 N–H and O–H groups in total. The minimum atomic E-state index is -1.02. The molecule has 0 spiro atoms. The SMILES string of the molecule is CCN(C(=O)CCCC(C)NC(=O)OCC1c2ccccc2-c2ccccc21)C(C)C(=O)O. The van der Waals surface area contributed by atoms with Crippen molar-refractivity contribution in [3.63, 3.8) is 0 Å². The first-order valence-corrected chi connectivity index (χ1v) is 11.5. The summed E-state index contributed by atoms with van der Waals surface area (Å²) < 4.78 is 5.56. The molecule has 0 bridgehead atoms. The van der Waals surface area contributed by atoms with Crippen LogP contribution in [0.4, 0.5) is 4.79 Å². The zero-order chi connectivity index (χ0) is 24.0. The average molecular weight is 453 g/mol. The monoisotopic (exact) mass is 452 g/mol. The van der Waals surface area contributed by atoms with Gasteiger partial charge < -0.3 is 20.1 Å². The second-order valence-electron chi connectivity index (χ2n) is 8.46. The first-order valence-electron chi connectivity index (χ1n) is 11.5. The highest BCUT2D eigenvalue weighted by Crippen LogP contribution is 2.44. The minimum Gasteiger partial charge on any atom is -0.480 e. The number of alkyl carbamates (subject to hydrolysis) is 1.